The van der Waals surface area contributed by atoms with Gasteiger partial charge >= 0.3 is 0 Å². The molecule has 0 aliphatic heterocycles. The molecule has 0 radical (unpaired) electrons. The van der Waals surface area contributed by atoms with Crippen molar-refractivity contribution in [3.63, 3.8) is 0 Å². The Hall–Kier alpha value is 0.690. The van der Waals surface area contributed by atoms with Crippen LogP contribution in [0.5, 0.6) is 17.2 Å². The first-order valence-corrected chi connectivity index (χ1v) is 14.9. The second kappa shape index (κ2) is 23.2. The number of likely N-dealkylation sites (N-methyl/N-ethyl adjacent to an activating group) is 3. The maximum Gasteiger partial charge on any atom is 0.203 e. The standard InChI is InChI=1S/C30H60N3O3.3HI/c1-10-31(11-2,12-3)22-25-34-28-20-19-21-29(35-26-23-32(13-4,14-5)15-6)30(28)36-27-24-33(16-7,17-8)18-9;;;/h19-21H,10-18,22-27H2,1-9H3;3*1H/q+3;;;/p-3. The van der Waals surface area contributed by atoms with Crippen molar-refractivity contribution >= 4 is 0 Å². The van der Waals surface area contributed by atoms with E-state index in [0.717, 1.165) is 109 Å². The van der Waals surface area contributed by atoms with Crippen LogP contribution in [0.3, 0.4) is 0 Å². The number of nitrogens with zero attached hydrogens (tertiary/aromatic N) is 3. The predicted octanol–water partition coefficient (Wildman–Crippen LogP) is -3.54. The summed E-state index contributed by atoms with van der Waals surface area (Å²) in [6, 6.07) is 6.10. The summed E-state index contributed by atoms with van der Waals surface area (Å²) in [5.74, 6) is 2.38. The van der Waals surface area contributed by atoms with Crippen LogP contribution in [0.1, 0.15) is 62.3 Å². The minimum absolute atomic E-state index is 0. The van der Waals surface area contributed by atoms with Gasteiger partial charge in [0, 0.05) is 0 Å². The van der Waals surface area contributed by atoms with Crippen molar-refractivity contribution in [1.29, 1.82) is 0 Å². The quantitative estimate of drug-likeness (QED) is 0.0948. The van der Waals surface area contributed by atoms with Crippen LogP contribution in [0.25, 0.3) is 0 Å². The van der Waals surface area contributed by atoms with Gasteiger partial charge in [0.25, 0.3) is 0 Å². The molecule has 0 aromatic heterocycles. The highest BCUT2D eigenvalue weighted by Crippen LogP contribution is 2.37. The van der Waals surface area contributed by atoms with Gasteiger partial charge in [-0.15, -0.1) is 0 Å². The van der Waals surface area contributed by atoms with Gasteiger partial charge in [0.2, 0.25) is 5.75 Å². The van der Waals surface area contributed by atoms with Gasteiger partial charge in [0.1, 0.15) is 39.5 Å². The van der Waals surface area contributed by atoms with Crippen LogP contribution in [-0.4, -0.2) is 112 Å². The molecule has 0 saturated carbocycles. The Balaban J connectivity index is -0.00000432. The molecule has 1 rings (SSSR count). The Bertz CT molecular complexity index is 660. The van der Waals surface area contributed by atoms with E-state index in [4.69, 9.17) is 14.2 Å². The molecule has 9 heteroatoms. The molecule has 39 heavy (non-hydrogen) atoms. The average Bonchev–Trinajstić information content (AvgIpc) is 2.93. The monoisotopic (exact) mass is 891 g/mol. The second-order valence-electron chi connectivity index (χ2n) is 10.2. The Kier molecular flexibility index (Phi) is 26.2. The van der Waals surface area contributed by atoms with E-state index in [1.807, 2.05) is 18.2 Å². The summed E-state index contributed by atoms with van der Waals surface area (Å²) in [5, 5.41) is 0. The maximum absolute atomic E-state index is 6.48. The molecule has 0 aliphatic carbocycles. The molecule has 0 unspecified atom stereocenters. The van der Waals surface area contributed by atoms with Crippen LogP contribution in [0.4, 0.5) is 0 Å². The van der Waals surface area contributed by atoms with Crippen molar-refractivity contribution in [2.45, 2.75) is 62.3 Å². The van der Waals surface area contributed by atoms with E-state index in [0.29, 0.717) is 19.8 Å². The molecule has 234 valence electrons. The number of halogens is 3. The van der Waals surface area contributed by atoms with E-state index in [9.17, 15) is 0 Å². The number of hydrogen-bond donors (Lipinski definition) is 0. The molecule has 0 atom stereocenters. The van der Waals surface area contributed by atoms with Gasteiger partial charge < -0.3 is 99.6 Å². The number of ether oxygens (including phenoxy) is 3. The first-order chi connectivity index (χ1) is 17.3. The number of hydrogen-bond acceptors (Lipinski definition) is 3. The first kappa shape index (κ1) is 44.1. The summed E-state index contributed by atoms with van der Waals surface area (Å²) in [6.07, 6.45) is 0. The molecule has 1 aromatic carbocycles. The zero-order valence-electron chi connectivity index (χ0n) is 26.5. The second-order valence-corrected chi connectivity index (χ2v) is 10.2. The van der Waals surface area contributed by atoms with Gasteiger partial charge in [-0.25, -0.2) is 0 Å². The molecule has 0 saturated heterocycles. The number of rotatable bonds is 21. The van der Waals surface area contributed by atoms with Crippen LogP contribution < -0.4 is 86.1 Å². The van der Waals surface area contributed by atoms with Gasteiger partial charge in [-0.3, -0.25) is 0 Å². The molecule has 0 aliphatic rings. The smallest absolute Gasteiger partial charge is 0.203 e. The lowest BCUT2D eigenvalue weighted by Gasteiger charge is -2.36. The van der Waals surface area contributed by atoms with Crippen LogP contribution in [0, 0.1) is 0 Å². The summed E-state index contributed by atoms with van der Waals surface area (Å²) in [4.78, 5) is 0. The van der Waals surface area contributed by atoms with Crippen molar-refractivity contribution < 1.29 is 99.6 Å². The summed E-state index contributed by atoms with van der Waals surface area (Å²) >= 11 is 0. The van der Waals surface area contributed by atoms with Crippen LogP contribution in [0.15, 0.2) is 18.2 Å². The topological polar surface area (TPSA) is 27.7 Å². The van der Waals surface area contributed by atoms with Gasteiger partial charge in [-0.2, -0.15) is 0 Å². The summed E-state index contributed by atoms with van der Waals surface area (Å²) in [5.41, 5.74) is 0. The third-order valence-corrected chi connectivity index (χ3v) is 9.44. The molecule has 0 heterocycles. The largest absolute Gasteiger partial charge is 1.00 e. The van der Waals surface area contributed by atoms with Crippen molar-refractivity contribution in [1.82, 2.24) is 0 Å². The summed E-state index contributed by atoms with van der Waals surface area (Å²) in [7, 11) is 0. The summed E-state index contributed by atoms with van der Waals surface area (Å²) in [6.45, 7) is 35.6. The first-order valence-electron chi connectivity index (χ1n) is 14.9. The maximum atomic E-state index is 6.48. The van der Waals surface area contributed by atoms with Gasteiger partial charge in [-0.05, 0) is 74.4 Å². The summed E-state index contributed by atoms with van der Waals surface area (Å²) < 4.78 is 22.4. The minimum atomic E-state index is 0. The van der Waals surface area contributed by atoms with Gasteiger partial charge in [-0.1, -0.05) is 6.07 Å². The lowest BCUT2D eigenvalue weighted by molar-refractivity contribution is -0.923. The lowest BCUT2D eigenvalue weighted by atomic mass is 10.3. The lowest BCUT2D eigenvalue weighted by Crippen LogP contribution is -3.00. The third kappa shape index (κ3) is 13.3. The van der Waals surface area contributed by atoms with E-state index in [1.165, 1.54) is 0 Å². The third-order valence-electron chi connectivity index (χ3n) is 9.44. The SMILES string of the molecule is CC[N+](CC)(CC)CCOc1cccc(OCC[N+](CC)(CC)CC)c1OCC[N+](CC)(CC)CC.[I-].[I-].[I-]. The molecule has 0 bridgehead atoms. The van der Waals surface area contributed by atoms with Crippen molar-refractivity contribution in [3.8, 4) is 17.2 Å². The molecular formula is C30H60I3N3O3. The Morgan fingerprint density at radius 2 is 0.692 bits per heavy atom. The number of benzene rings is 1. The number of para-hydroxylation sites is 1. The molecular weight excluding hydrogens is 831 g/mol. The average molecular weight is 892 g/mol. The number of quaternary nitrogens is 3. The van der Waals surface area contributed by atoms with E-state index in [1.54, 1.807) is 0 Å². The molecule has 0 fully saturated rings. The fraction of sp³-hybridized carbons (Fsp3) is 0.800. The zero-order chi connectivity index (χ0) is 27.1. The highest BCUT2D eigenvalue weighted by Gasteiger charge is 2.25. The van der Waals surface area contributed by atoms with Crippen molar-refractivity contribution in [2.75, 3.05) is 98.4 Å². The van der Waals surface area contributed by atoms with Crippen LogP contribution in [-0.2, 0) is 0 Å². The minimum Gasteiger partial charge on any atom is -1.00 e. The Morgan fingerprint density at radius 3 is 0.949 bits per heavy atom. The van der Waals surface area contributed by atoms with E-state index in [2.05, 4.69) is 62.3 Å². The van der Waals surface area contributed by atoms with Crippen LogP contribution >= 0.6 is 0 Å². The highest BCUT2D eigenvalue weighted by molar-refractivity contribution is 5.51. The molecule has 0 amide bonds. The van der Waals surface area contributed by atoms with E-state index in [-0.39, 0.29) is 71.9 Å². The Morgan fingerprint density at radius 1 is 0.436 bits per heavy atom. The molecule has 6 nitrogen and oxygen atoms in total. The van der Waals surface area contributed by atoms with Gasteiger partial charge in [0.05, 0.1) is 58.9 Å². The predicted molar refractivity (Wildman–Crippen MR) is 153 cm³/mol. The normalized spacial score (nSPS) is 11.6. The van der Waals surface area contributed by atoms with Gasteiger partial charge in [0.15, 0.2) is 11.5 Å². The highest BCUT2D eigenvalue weighted by atomic mass is 127. The molecule has 0 N–H and O–H groups in total. The Labute approximate surface area is 293 Å². The van der Waals surface area contributed by atoms with E-state index < -0.39 is 0 Å². The fourth-order valence-corrected chi connectivity index (χ4v) is 5.34. The molecule has 0 spiro atoms. The zero-order valence-corrected chi connectivity index (χ0v) is 33.0. The van der Waals surface area contributed by atoms with Crippen molar-refractivity contribution in [2.24, 2.45) is 0 Å². The van der Waals surface area contributed by atoms with Crippen LogP contribution in [0.2, 0.25) is 0 Å². The van der Waals surface area contributed by atoms with E-state index >= 15 is 0 Å². The fourth-order valence-electron chi connectivity index (χ4n) is 5.34. The molecule has 1 aromatic rings. The van der Waals surface area contributed by atoms with Crippen molar-refractivity contribution in [3.05, 3.63) is 18.2 Å².